The molecule has 0 bridgehead atoms. The normalized spacial score (nSPS) is 13.1. The summed E-state index contributed by atoms with van der Waals surface area (Å²) in [6.07, 6.45) is -5.63. The molecule has 1 aromatic carbocycles. The molecule has 2 aromatic rings. The van der Waals surface area contributed by atoms with Gasteiger partial charge in [-0.25, -0.2) is 9.59 Å². The Balaban J connectivity index is 2.16. The van der Waals surface area contributed by atoms with Crippen molar-refractivity contribution in [3.05, 3.63) is 46.7 Å². The second-order valence-electron chi connectivity index (χ2n) is 7.20. The fourth-order valence-electron chi connectivity index (χ4n) is 2.37. The summed E-state index contributed by atoms with van der Waals surface area (Å²) in [7, 11) is 0. The van der Waals surface area contributed by atoms with Crippen LogP contribution in [0, 0.1) is 0 Å². The maximum Gasteiger partial charge on any atom is 0.416 e. The molecule has 0 aliphatic carbocycles. The van der Waals surface area contributed by atoms with Gasteiger partial charge in [-0.1, -0.05) is 11.6 Å². The molecular weight excluding hydrogens is 415 g/mol. The fourth-order valence-corrected chi connectivity index (χ4v) is 2.65. The van der Waals surface area contributed by atoms with Crippen LogP contribution in [0.2, 0.25) is 5.02 Å². The SMILES string of the molecule is CC(C)(C)OC(=O)NC(Cc1ccc(-c2ccc(C(F)(F)F)cc2Cl)o1)C(=O)O. The molecule has 0 saturated heterocycles. The lowest BCUT2D eigenvalue weighted by Gasteiger charge is -2.21. The summed E-state index contributed by atoms with van der Waals surface area (Å²) in [5.41, 5.74) is -1.48. The summed E-state index contributed by atoms with van der Waals surface area (Å²) >= 11 is 5.94. The Morgan fingerprint density at radius 3 is 2.38 bits per heavy atom. The van der Waals surface area contributed by atoms with Crippen molar-refractivity contribution >= 4 is 23.7 Å². The number of carboxylic acids is 1. The van der Waals surface area contributed by atoms with E-state index in [0.717, 1.165) is 12.1 Å². The molecule has 1 amide bonds. The van der Waals surface area contributed by atoms with Crippen LogP contribution in [0.1, 0.15) is 32.1 Å². The van der Waals surface area contributed by atoms with E-state index >= 15 is 0 Å². The summed E-state index contributed by atoms with van der Waals surface area (Å²) in [5.74, 6) is -0.944. The summed E-state index contributed by atoms with van der Waals surface area (Å²) in [6, 6.07) is 4.40. The topological polar surface area (TPSA) is 88.8 Å². The molecule has 0 fully saturated rings. The first-order chi connectivity index (χ1) is 13.3. The third kappa shape index (κ3) is 6.42. The Morgan fingerprint density at radius 2 is 1.86 bits per heavy atom. The quantitative estimate of drug-likeness (QED) is 0.681. The van der Waals surface area contributed by atoms with Crippen LogP contribution in [0.25, 0.3) is 11.3 Å². The summed E-state index contributed by atoms with van der Waals surface area (Å²) in [6.45, 7) is 4.90. The number of carbonyl (C=O) groups is 2. The Bertz CT molecular complexity index is 902. The van der Waals surface area contributed by atoms with Crippen molar-refractivity contribution in [2.45, 2.75) is 45.0 Å². The van der Waals surface area contributed by atoms with E-state index < -0.39 is 35.4 Å². The molecule has 2 N–H and O–H groups in total. The van der Waals surface area contributed by atoms with Gasteiger partial charge in [-0.3, -0.25) is 0 Å². The van der Waals surface area contributed by atoms with Crippen LogP contribution in [-0.2, 0) is 22.1 Å². The molecule has 0 saturated carbocycles. The van der Waals surface area contributed by atoms with Gasteiger partial charge in [-0.15, -0.1) is 0 Å². The molecule has 1 heterocycles. The van der Waals surface area contributed by atoms with Crippen LogP contribution in [-0.4, -0.2) is 28.8 Å². The number of carbonyl (C=O) groups excluding carboxylic acids is 1. The molecule has 6 nitrogen and oxygen atoms in total. The molecule has 0 radical (unpaired) electrons. The van der Waals surface area contributed by atoms with Crippen LogP contribution in [0.4, 0.5) is 18.0 Å². The fraction of sp³-hybridized carbons (Fsp3) is 0.368. The van der Waals surface area contributed by atoms with Crippen LogP contribution >= 0.6 is 11.6 Å². The van der Waals surface area contributed by atoms with Gasteiger partial charge in [0.15, 0.2) is 0 Å². The van der Waals surface area contributed by atoms with Gasteiger partial charge in [-0.2, -0.15) is 13.2 Å². The van der Waals surface area contributed by atoms with Crippen molar-refractivity contribution in [1.82, 2.24) is 5.32 Å². The summed E-state index contributed by atoms with van der Waals surface area (Å²) < 4.78 is 48.8. The molecule has 158 valence electrons. The summed E-state index contributed by atoms with van der Waals surface area (Å²) in [5, 5.41) is 11.4. The van der Waals surface area contributed by atoms with Gasteiger partial charge in [0.2, 0.25) is 0 Å². The summed E-state index contributed by atoms with van der Waals surface area (Å²) in [4.78, 5) is 23.2. The molecule has 1 unspecified atom stereocenters. The number of carboxylic acid groups (broad SMARTS) is 1. The Morgan fingerprint density at radius 1 is 1.21 bits per heavy atom. The van der Waals surface area contributed by atoms with Crippen molar-refractivity contribution in [2.24, 2.45) is 0 Å². The number of ether oxygens (including phenoxy) is 1. The lowest BCUT2D eigenvalue weighted by atomic mass is 10.1. The number of halogens is 4. The number of nitrogens with one attached hydrogen (secondary N) is 1. The molecule has 10 heteroatoms. The predicted octanol–water partition coefficient (Wildman–Crippen LogP) is 5.14. The van der Waals surface area contributed by atoms with E-state index in [1.54, 1.807) is 20.8 Å². The molecule has 2 rings (SSSR count). The third-order valence-corrected chi connectivity index (χ3v) is 3.93. The standard InChI is InChI=1S/C19H19ClF3NO5/c1-18(2,3)29-17(27)24-14(16(25)26)9-11-5-7-15(28-11)12-6-4-10(8-13(12)20)19(21,22)23/h4-8,14H,9H2,1-3H3,(H,24,27)(H,25,26). The number of hydrogen-bond acceptors (Lipinski definition) is 4. The smallest absolute Gasteiger partial charge is 0.416 e. The minimum atomic E-state index is -4.53. The zero-order valence-corrected chi connectivity index (χ0v) is 16.5. The van der Waals surface area contributed by atoms with E-state index in [2.05, 4.69) is 5.32 Å². The maximum absolute atomic E-state index is 12.7. The predicted molar refractivity (Wildman–Crippen MR) is 98.7 cm³/mol. The first-order valence-electron chi connectivity index (χ1n) is 8.44. The highest BCUT2D eigenvalue weighted by atomic mass is 35.5. The Hall–Kier alpha value is -2.68. The van der Waals surface area contributed by atoms with E-state index in [-0.39, 0.29) is 28.5 Å². The van der Waals surface area contributed by atoms with Crippen LogP contribution < -0.4 is 5.32 Å². The number of aliphatic carboxylic acids is 1. The average Bonchev–Trinajstić information content (AvgIpc) is 2.99. The number of amides is 1. The zero-order valence-electron chi connectivity index (χ0n) is 15.8. The highest BCUT2D eigenvalue weighted by Crippen LogP contribution is 2.36. The molecule has 29 heavy (non-hydrogen) atoms. The maximum atomic E-state index is 12.7. The first kappa shape index (κ1) is 22.6. The van der Waals surface area contributed by atoms with Gasteiger partial charge in [0, 0.05) is 12.0 Å². The lowest BCUT2D eigenvalue weighted by Crippen LogP contribution is -2.44. The molecule has 1 aromatic heterocycles. The van der Waals surface area contributed by atoms with Gasteiger partial charge in [0.05, 0.1) is 10.6 Å². The van der Waals surface area contributed by atoms with Gasteiger partial charge in [-0.05, 0) is 51.1 Å². The van der Waals surface area contributed by atoms with E-state index in [4.69, 9.17) is 20.8 Å². The second-order valence-corrected chi connectivity index (χ2v) is 7.61. The van der Waals surface area contributed by atoms with Gasteiger partial charge < -0.3 is 19.6 Å². The minimum absolute atomic E-state index is 0.164. The monoisotopic (exact) mass is 433 g/mol. The van der Waals surface area contributed by atoms with E-state index in [1.165, 1.54) is 18.2 Å². The molecular formula is C19H19ClF3NO5. The number of furan rings is 1. The largest absolute Gasteiger partial charge is 0.480 e. The van der Waals surface area contributed by atoms with Crippen molar-refractivity contribution in [2.75, 3.05) is 0 Å². The van der Waals surface area contributed by atoms with Crippen molar-refractivity contribution < 1.29 is 37.0 Å². The van der Waals surface area contributed by atoms with E-state index in [9.17, 15) is 27.9 Å². The third-order valence-electron chi connectivity index (χ3n) is 3.62. The molecule has 1 atom stereocenters. The van der Waals surface area contributed by atoms with Gasteiger partial charge in [0.25, 0.3) is 0 Å². The average molecular weight is 434 g/mol. The number of alkyl carbamates (subject to hydrolysis) is 1. The number of rotatable bonds is 5. The van der Waals surface area contributed by atoms with Crippen molar-refractivity contribution in [1.29, 1.82) is 0 Å². The molecule has 0 aliphatic heterocycles. The first-order valence-corrected chi connectivity index (χ1v) is 8.82. The highest BCUT2D eigenvalue weighted by Gasteiger charge is 2.31. The highest BCUT2D eigenvalue weighted by molar-refractivity contribution is 6.33. The van der Waals surface area contributed by atoms with E-state index in [0.29, 0.717) is 0 Å². The van der Waals surface area contributed by atoms with Crippen molar-refractivity contribution in [3.63, 3.8) is 0 Å². The second kappa shape index (κ2) is 8.36. The number of hydrogen-bond donors (Lipinski definition) is 2. The van der Waals surface area contributed by atoms with E-state index in [1.807, 2.05) is 0 Å². The van der Waals surface area contributed by atoms with Crippen LogP contribution in [0.3, 0.4) is 0 Å². The zero-order chi connectivity index (χ0) is 22.0. The minimum Gasteiger partial charge on any atom is -0.480 e. The van der Waals surface area contributed by atoms with Crippen LogP contribution in [0.5, 0.6) is 0 Å². The van der Waals surface area contributed by atoms with Gasteiger partial charge in [0.1, 0.15) is 23.2 Å². The van der Waals surface area contributed by atoms with Gasteiger partial charge >= 0.3 is 18.2 Å². The van der Waals surface area contributed by atoms with Crippen LogP contribution in [0.15, 0.2) is 34.7 Å². The number of alkyl halides is 3. The molecule has 0 aliphatic rings. The lowest BCUT2D eigenvalue weighted by molar-refractivity contribution is -0.139. The Kier molecular flexibility index (Phi) is 6.52. The van der Waals surface area contributed by atoms with Crippen molar-refractivity contribution in [3.8, 4) is 11.3 Å². The molecule has 0 spiro atoms. The Labute approximate surface area is 169 Å². The number of benzene rings is 1.